The van der Waals surface area contributed by atoms with Crippen molar-refractivity contribution in [2.75, 3.05) is 0 Å². The molecule has 1 aliphatic heterocycles. The Morgan fingerprint density at radius 2 is 1.91 bits per heavy atom. The second kappa shape index (κ2) is 7.79. The number of aromatic amines is 2. The van der Waals surface area contributed by atoms with E-state index in [0.717, 1.165) is 22.6 Å². The van der Waals surface area contributed by atoms with Crippen LogP contribution in [0.1, 0.15) is 5.56 Å². The van der Waals surface area contributed by atoms with E-state index in [1.54, 1.807) is 29.7 Å². The molecule has 2 aromatic carbocycles. The summed E-state index contributed by atoms with van der Waals surface area (Å²) in [4.78, 5) is 14.6. The number of nitrogens with zero attached hydrogens (tertiary/aromatic N) is 3. The van der Waals surface area contributed by atoms with Crippen molar-refractivity contribution >= 4 is 22.4 Å². The molecule has 6 rings (SSSR count). The molecule has 0 spiro atoms. The third-order valence-corrected chi connectivity index (χ3v) is 5.24. The Bertz CT molecular complexity index is 1400. The number of hydrogen-bond acceptors (Lipinski definition) is 6. The number of alkyl halides is 2. The molecule has 3 aromatic heterocycles. The molecule has 7 nitrogen and oxygen atoms in total. The van der Waals surface area contributed by atoms with Crippen LogP contribution in [0.3, 0.4) is 0 Å². The van der Waals surface area contributed by atoms with Crippen molar-refractivity contribution < 1.29 is 18.3 Å². The molecule has 0 atom stereocenters. The van der Waals surface area contributed by atoms with E-state index in [2.05, 4.69) is 29.4 Å². The molecule has 0 bridgehead atoms. The highest BCUT2D eigenvalue weighted by atomic mass is 32.1. The Hall–Kier alpha value is -4.23. The van der Waals surface area contributed by atoms with E-state index in [9.17, 15) is 8.78 Å². The SMILES string of the molecule is N#Cc1c[nH]cc1-c1cccc2c1OC(F)(F)O2.c1ccc2[nH]c(-c3cscn3)nc2c1. The number of thiazole rings is 1. The first-order chi connectivity index (χ1) is 15.5. The molecule has 0 radical (unpaired) electrons. The van der Waals surface area contributed by atoms with Crippen LogP contribution < -0.4 is 9.47 Å². The maximum atomic E-state index is 13.0. The van der Waals surface area contributed by atoms with Crippen molar-refractivity contribution in [3.63, 3.8) is 0 Å². The highest BCUT2D eigenvalue weighted by Crippen LogP contribution is 2.47. The molecule has 32 heavy (non-hydrogen) atoms. The Morgan fingerprint density at radius 3 is 2.69 bits per heavy atom. The summed E-state index contributed by atoms with van der Waals surface area (Å²) in [6.07, 6.45) is -0.627. The average molecular weight is 449 g/mol. The monoisotopic (exact) mass is 449 g/mol. The van der Waals surface area contributed by atoms with Gasteiger partial charge >= 0.3 is 6.29 Å². The fourth-order valence-corrected chi connectivity index (χ4v) is 3.80. The van der Waals surface area contributed by atoms with Crippen molar-refractivity contribution in [1.29, 1.82) is 5.26 Å². The van der Waals surface area contributed by atoms with Gasteiger partial charge in [0.15, 0.2) is 17.3 Å². The predicted molar refractivity (Wildman–Crippen MR) is 114 cm³/mol. The van der Waals surface area contributed by atoms with Gasteiger partial charge in [-0.1, -0.05) is 24.3 Å². The number of H-pyrrole nitrogens is 2. The Labute approximate surface area is 183 Å². The summed E-state index contributed by atoms with van der Waals surface area (Å²) in [5.41, 5.74) is 5.99. The smallest absolute Gasteiger partial charge is 0.395 e. The summed E-state index contributed by atoms with van der Waals surface area (Å²) in [5.74, 6) is 0.744. The lowest BCUT2D eigenvalue weighted by molar-refractivity contribution is -0.286. The minimum absolute atomic E-state index is 0.0393. The van der Waals surface area contributed by atoms with Gasteiger partial charge in [0.05, 0.1) is 22.1 Å². The zero-order valence-electron chi connectivity index (χ0n) is 16.2. The van der Waals surface area contributed by atoms with Crippen LogP contribution in [0.4, 0.5) is 8.78 Å². The molecule has 0 unspecified atom stereocenters. The van der Waals surface area contributed by atoms with E-state index in [-0.39, 0.29) is 11.5 Å². The van der Waals surface area contributed by atoms with Crippen LogP contribution in [0.5, 0.6) is 11.5 Å². The molecule has 1 aliphatic rings. The summed E-state index contributed by atoms with van der Waals surface area (Å²) in [5, 5.41) is 10.9. The van der Waals surface area contributed by atoms with E-state index in [1.165, 1.54) is 12.3 Å². The second-order valence-electron chi connectivity index (χ2n) is 6.67. The van der Waals surface area contributed by atoms with Gasteiger partial charge < -0.3 is 19.4 Å². The number of aromatic nitrogens is 4. The molecule has 0 aliphatic carbocycles. The Morgan fingerprint density at radius 1 is 1.03 bits per heavy atom. The third kappa shape index (κ3) is 3.66. The topological polar surface area (TPSA) is 99.6 Å². The van der Waals surface area contributed by atoms with Crippen LogP contribution in [0, 0.1) is 11.3 Å². The summed E-state index contributed by atoms with van der Waals surface area (Å²) in [6, 6.07) is 14.5. The number of nitriles is 1. The van der Waals surface area contributed by atoms with Crippen molar-refractivity contribution in [3.05, 3.63) is 71.3 Å². The van der Waals surface area contributed by atoms with Gasteiger partial charge in [-0.3, -0.25) is 0 Å². The minimum atomic E-state index is -3.67. The molecule has 0 fully saturated rings. The summed E-state index contributed by atoms with van der Waals surface area (Å²) in [7, 11) is 0. The molecule has 2 N–H and O–H groups in total. The molecule has 5 aromatic rings. The number of imidazole rings is 1. The first kappa shape index (κ1) is 19.7. The van der Waals surface area contributed by atoms with E-state index in [4.69, 9.17) is 5.26 Å². The number of rotatable bonds is 2. The highest BCUT2D eigenvalue weighted by Gasteiger charge is 2.44. The molecule has 0 saturated carbocycles. The molecule has 0 amide bonds. The van der Waals surface area contributed by atoms with E-state index >= 15 is 0 Å². The number of benzene rings is 2. The fourth-order valence-electron chi connectivity index (χ4n) is 3.26. The van der Waals surface area contributed by atoms with Gasteiger partial charge in [0.1, 0.15) is 11.8 Å². The minimum Gasteiger partial charge on any atom is -0.395 e. The standard InChI is InChI=1S/C12H6F2N2O2.C10H7N3S/c13-12(14)17-10-3-1-2-8(11(10)18-12)9-6-16-5-7(9)4-15;1-2-4-8-7(3-1)12-10(13-8)9-5-14-6-11-9/h1-3,5-6,16H;1-6H,(H,12,13). The first-order valence-electron chi connectivity index (χ1n) is 9.33. The second-order valence-corrected chi connectivity index (χ2v) is 7.39. The van der Waals surface area contributed by atoms with E-state index in [1.807, 2.05) is 41.2 Å². The summed E-state index contributed by atoms with van der Waals surface area (Å²) in [6.45, 7) is 0. The van der Waals surface area contributed by atoms with Gasteiger partial charge in [-0.05, 0) is 18.2 Å². The lowest BCUT2D eigenvalue weighted by atomic mass is 10.0. The lowest BCUT2D eigenvalue weighted by Gasteiger charge is -2.06. The predicted octanol–water partition coefficient (Wildman–Crippen LogP) is 5.56. The van der Waals surface area contributed by atoms with E-state index < -0.39 is 6.29 Å². The lowest BCUT2D eigenvalue weighted by Crippen LogP contribution is -2.26. The van der Waals surface area contributed by atoms with Crippen molar-refractivity contribution in [2.45, 2.75) is 6.29 Å². The van der Waals surface area contributed by atoms with Gasteiger partial charge in [0.25, 0.3) is 0 Å². The van der Waals surface area contributed by atoms with Crippen LogP contribution in [0.2, 0.25) is 0 Å². The van der Waals surface area contributed by atoms with Crippen LogP contribution in [0.15, 0.2) is 65.7 Å². The zero-order valence-corrected chi connectivity index (χ0v) is 17.0. The third-order valence-electron chi connectivity index (χ3n) is 4.65. The highest BCUT2D eigenvalue weighted by molar-refractivity contribution is 7.07. The van der Waals surface area contributed by atoms with Crippen molar-refractivity contribution in [3.8, 4) is 40.2 Å². The number of halogens is 2. The molecule has 0 saturated heterocycles. The van der Waals surface area contributed by atoms with Crippen LogP contribution >= 0.6 is 11.3 Å². The molecular formula is C22H13F2N5O2S. The van der Waals surface area contributed by atoms with Gasteiger partial charge in [-0.15, -0.1) is 20.1 Å². The Kier molecular flexibility index (Phi) is 4.80. The summed E-state index contributed by atoms with van der Waals surface area (Å²) >= 11 is 1.57. The number of ether oxygens (including phenoxy) is 2. The average Bonchev–Trinajstić information content (AvgIpc) is 3.57. The van der Waals surface area contributed by atoms with Gasteiger partial charge in [-0.25, -0.2) is 9.97 Å². The maximum absolute atomic E-state index is 13.0. The number of fused-ring (bicyclic) bond motifs is 2. The van der Waals surface area contributed by atoms with Crippen LogP contribution in [0.25, 0.3) is 33.7 Å². The maximum Gasteiger partial charge on any atom is 0.586 e. The number of hydrogen-bond donors (Lipinski definition) is 2. The molecule has 10 heteroatoms. The Balaban J connectivity index is 0.000000139. The van der Waals surface area contributed by atoms with Crippen molar-refractivity contribution in [2.24, 2.45) is 0 Å². The molecule has 4 heterocycles. The zero-order chi connectivity index (χ0) is 22.1. The van der Waals surface area contributed by atoms with Crippen molar-refractivity contribution in [1.82, 2.24) is 19.9 Å². The fraction of sp³-hybridized carbons (Fsp3) is 0.0455. The van der Waals surface area contributed by atoms with Gasteiger partial charge in [-0.2, -0.15) is 5.26 Å². The normalized spacial score (nSPS) is 13.4. The van der Waals surface area contributed by atoms with Gasteiger partial charge in [0, 0.05) is 28.9 Å². The largest absolute Gasteiger partial charge is 0.586 e. The van der Waals surface area contributed by atoms with E-state index in [0.29, 0.717) is 16.7 Å². The van der Waals surface area contributed by atoms with Gasteiger partial charge in [0.2, 0.25) is 0 Å². The molecule has 158 valence electrons. The molecular weight excluding hydrogens is 436 g/mol. The number of para-hydroxylation sites is 3. The first-order valence-corrected chi connectivity index (χ1v) is 10.3. The van der Waals surface area contributed by atoms with Crippen LogP contribution in [-0.2, 0) is 0 Å². The van der Waals surface area contributed by atoms with Crippen LogP contribution in [-0.4, -0.2) is 26.2 Å². The number of nitrogens with one attached hydrogen (secondary N) is 2. The quantitative estimate of drug-likeness (QED) is 0.367. The summed E-state index contributed by atoms with van der Waals surface area (Å²) < 4.78 is 34.9.